The number of nitrogens with one attached hydrogen (secondary N) is 2. The fraction of sp³-hybridized carbons (Fsp3) is 0.324. The monoisotopic (exact) mass is 716 g/mol. The van der Waals surface area contributed by atoms with Crippen LogP contribution in [0.25, 0.3) is 39.3 Å². The molecule has 0 spiro atoms. The Kier molecular flexibility index (Phi) is 9.76. The van der Waals surface area contributed by atoms with Crippen LogP contribution in [0.15, 0.2) is 24.8 Å². The van der Waals surface area contributed by atoms with Crippen LogP contribution >= 0.6 is 0 Å². The zero-order valence-electron chi connectivity index (χ0n) is 26.0. The van der Waals surface area contributed by atoms with E-state index in [9.17, 15) is 29.7 Å². The summed E-state index contributed by atoms with van der Waals surface area (Å²) in [5.41, 5.74) is 9.23. The maximum absolute atomic E-state index is 12.7. The molecule has 0 fully saturated rings. The second-order valence-corrected chi connectivity index (χ2v) is 11.5. The molecule has 0 aromatic carbocycles. The molecule has 2 aliphatic heterocycles. The third-order valence-electron chi connectivity index (χ3n) is 8.94. The molecule has 45 heavy (non-hydrogen) atoms. The molecule has 2 aliphatic rings. The molecule has 228 valence electrons. The zero-order valence-corrected chi connectivity index (χ0v) is 28.8. The molecule has 0 saturated carbocycles. The summed E-state index contributed by atoms with van der Waals surface area (Å²) < 4.78 is 0. The van der Waals surface area contributed by atoms with Crippen LogP contribution < -0.4 is 0 Å². The largest absolute Gasteiger partial charge is 4.00 e. The van der Waals surface area contributed by atoms with Crippen LogP contribution in [0.5, 0.6) is 0 Å². The predicted octanol–water partition coefficient (Wildman–Crippen LogP) is 6.15. The minimum absolute atomic E-state index is 0. The zero-order chi connectivity index (χ0) is 32.0. The van der Waals surface area contributed by atoms with Crippen LogP contribution in [-0.4, -0.2) is 77.1 Å². The summed E-state index contributed by atoms with van der Waals surface area (Å²) in [5, 5.41) is 29.9. The van der Waals surface area contributed by atoms with Gasteiger partial charge in [0.25, 0.3) is 0 Å². The number of hydrogen-bond acceptors (Lipinski definition) is 5. The first-order valence-corrected chi connectivity index (χ1v) is 14.6. The quantitative estimate of drug-likeness (QED) is 0.173. The molecule has 0 aliphatic carbocycles. The van der Waals surface area contributed by atoms with Crippen LogP contribution in [0.4, 0.5) is 0 Å². The fourth-order valence-corrected chi connectivity index (χ4v) is 6.53. The SMILES string of the molecule is C=Cc1c(C)c2cc3nc(c(CC(=O)O)c4nc(cc5[nH]c(cc1[nH]2)c(C)c5CC)C(C)=C4C(=O)O)C(CCC(=O)O)C3C.[Sn+4]. The maximum atomic E-state index is 12.7. The third kappa shape index (κ3) is 6.07. The molecule has 2 unspecified atom stereocenters. The van der Waals surface area contributed by atoms with Gasteiger partial charge in [-0.25, -0.2) is 9.78 Å². The van der Waals surface area contributed by atoms with Crippen LogP contribution in [0.2, 0.25) is 0 Å². The molecule has 3 aromatic rings. The Bertz CT molecular complexity index is 1950. The first-order chi connectivity index (χ1) is 20.9. The molecule has 5 heterocycles. The molecular formula is C34H36N4O6Sn+4. The van der Waals surface area contributed by atoms with E-state index in [4.69, 9.17) is 9.97 Å². The number of H-pyrrole nitrogens is 2. The van der Waals surface area contributed by atoms with Gasteiger partial charge in [0.2, 0.25) is 0 Å². The first-order valence-electron chi connectivity index (χ1n) is 14.6. The number of carboxylic acids is 3. The van der Waals surface area contributed by atoms with Gasteiger partial charge in [-0.1, -0.05) is 26.5 Å². The number of fused-ring (bicyclic) bond motifs is 8. The number of hydrogen-bond donors (Lipinski definition) is 5. The van der Waals surface area contributed by atoms with E-state index in [0.717, 1.165) is 44.3 Å². The molecule has 3 aromatic heterocycles. The van der Waals surface area contributed by atoms with E-state index in [2.05, 4.69) is 16.5 Å². The maximum Gasteiger partial charge on any atom is 4.00 e. The van der Waals surface area contributed by atoms with E-state index >= 15 is 0 Å². The van der Waals surface area contributed by atoms with Crippen molar-refractivity contribution >= 4 is 81.1 Å². The summed E-state index contributed by atoms with van der Waals surface area (Å²) in [4.78, 5) is 53.2. The molecule has 8 bridgehead atoms. The van der Waals surface area contributed by atoms with Gasteiger partial charge in [0.1, 0.15) is 0 Å². The molecule has 11 heteroatoms. The fourth-order valence-electron chi connectivity index (χ4n) is 6.53. The van der Waals surface area contributed by atoms with Crippen molar-refractivity contribution in [3.05, 3.63) is 75.4 Å². The summed E-state index contributed by atoms with van der Waals surface area (Å²) in [5.74, 6) is -4.13. The number of aromatic nitrogens is 4. The Morgan fingerprint density at radius 3 is 2.18 bits per heavy atom. The molecule has 0 saturated heterocycles. The number of aliphatic carboxylic acids is 3. The van der Waals surface area contributed by atoms with Crippen LogP contribution in [0, 0.1) is 13.8 Å². The Labute approximate surface area is 277 Å². The summed E-state index contributed by atoms with van der Waals surface area (Å²) in [6.45, 7) is 13.7. The molecule has 0 radical (unpaired) electrons. The van der Waals surface area contributed by atoms with Crippen molar-refractivity contribution in [3.8, 4) is 0 Å². The van der Waals surface area contributed by atoms with Gasteiger partial charge in [0.15, 0.2) is 0 Å². The normalized spacial score (nSPS) is 15.9. The van der Waals surface area contributed by atoms with Crippen LogP contribution in [-0.2, 0) is 27.2 Å². The predicted molar refractivity (Wildman–Crippen MR) is 175 cm³/mol. The van der Waals surface area contributed by atoms with Crippen LogP contribution in [0.3, 0.4) is 0 Å². The average Bonchev–Trinajstić information content (AvgIpc) is 3.63. The summed E-state index contributed by atoms with van der Waals surface area (Å²) in [6.07, 6.45) is 2.03. The smallest absolute Gasteiger partial charge is 0.481 e. The number of nitrogens with zero attached hydrogens (tertiary/aromatic N) is 2. The molecule has 2 atom stereocenters. The van der Waals surface area contributed by atoms with Crippen molar-refractivity contribution in [2.75, 3.05) is 0 Å². The molecule has 0 amide bonds. The molecule has 5 rings (SSSR count). The number of aromatic amines is 2. The Morgan fingerprint density at radius 2 is 1.58 bits per heavy atom. The average molecular weight is 715 g/mol. The van der Waals surface area contributed by atoms with E-state index in [1.54, 1.807) is 13.0 Å². The number of aryl methyl sites for hydroxylation is 3. The Balaban J connectivity index is 0.00000461. The van der Waals surface area contributed by atoms with Crippen molar-refractivity contribution in [1.29, 1.82) is 0 Å². The summed E-state index contributed by atoms with van der Waals surface area (Å²) >= 11 is 0. The Morgan fingerprint density at radius 1 is 0.911 bits per heavy atom. The topological polar surface area (TPSA) is 169 Å². The number of carboxylic acid groups (broad SMARTS) is 3. The van der Waals surface area contributed by atoms with Gasteiger partial charge < -0.3 is 25.3 Å². The van der Waals surface area contributed by atoms with Gasteiger partial charge in [0, 0.05) is 57.1 Å². The van der Waals surface area contributed by atoms with Crippen molar-refractivity contribution < 1.29 is 29.7 Å². The van der Waals surface area contributed by atoms with Gasteiger partial charge in [-0.3, -0.25) is 14.6 Å². The minimum Gasteiger partial charge on any atom is -0.481 e. The minimum atomic E-state index is -1.23. The number of allylic oxidation sites excluding steroid dienone is 1. The van der Waals surface area contributed by atoms with E-state index in [1.165, 1.54) is 0 Å². The van der Waals surface area contributed by atoms with Gasteiger partial charge in [-0.2, -0.15) is 0 Å². The van der Waals surface area contributed by atoms with Gasteiger partial charge in [0.05, 0.1) is 29.1 Å². The third-order valence-corrected chi connectivity index (χ3v) is 8.94. The first kappa shape index (κ1) is 33.7. The van der Waals surface area contributed by atoms with Gasteiger partial charge >= 0.3 is 41.8 Å². The van der Waals surface area contributed by atoms with E-state index in [1.807, 2.05) is 45.9 Å². The molecular weight excluding hydrogens is 679 g/mol. The molecule has 10 nitrogen and oxygen atoms in total. The standard InChI is InChI=1S/C34H36N4O6.Sn/c1-7-19-15(3)23-12-25-17(5)21(9-10-29(39)40)32(37-25)22(11-30(41)42)33-31(34(43)44)18(6)26(38-33)14-28-20(8-2)16(4)24(36-28)13-27(19)35-23;/h7,12-14,17,21,35-36H,1,8-11H2,2-6H3,(H,39,40)(H,41,42)(H,43,44);/q;+4. The summed E-state index contributed by atoms with van der Waals surface area (Å²) in [6, 6.07) is 5.75. The number of carbonyl (C=O) groups is 3. The second-order valence-electron chi connectivity index (χ2n) is 11.5. The summed E-state index contributed by atoms with van der Waals surface area (Å²) in [7, 11) is 0. The number of rotatable bonds is 8. The van der Waals surface area contributed by atoms with E-state index < -0.39 is 30.2 Å². The van der Waals surface area contributed by atoms with Crippen molar-refractivity contribution in [2.24, 2.45) is 0 Å². The van der Waals surface area contributed by atoms with Crippen molar-refractivity contribution in [3.63, 3.8) is 0 Å². The van der Waals surface area contributed by atoms with E-state index in [0.29, 0.717) is 29.1 Å². The van der Waals surface area contributed by atoms with Crippen molar-refractivity contribution in [2.45, 2.75) is 72.1 Å². The van der Waals surface area contributed by atoms with Gasteiger partial charge in [-0.05, 0) is 74.1 Å². The van der Waals surface area contributed by atoms with Crippen LogP contribution in [0.1, 0.15) is 96.0 Å². The second kappa shape index (κ2) is 13.0. The molecule has 5 N–H and O–H groups in total. The van der Waals surface area contributed by atoms with Gasteiger partial charge in [-0.15, -0.1) is 0 Å². The Hall–Kier alpha value is -4.19. The van der Waals surface area contributed by atoms with Crippen molar-refractivity contribution in [1.82, 2.24) is 19.9 Å². The van der Waals surface area contributed by atoms with E-state index in [-0.39, 0.29) is 59.5 Å².